The first-order valence-corrected chi connectivity index (χ1v) is 9.34. The smallest absolute Gasteiger partial charge is 0.0261 e. The molecule has 0 aromatic carbocycles. The van der Waals surface area contributed by atoms with Crippen LogP contribution in [0, 0.1) is 40.4 Å². The molecule has 5 atom stereocenters. The van der Waals surface area contributed by atoms with E-state index in [4.69, 9.17) is 0 Å². The first-order valence-electron chi connectivity index (χ1n) is 9.34. The summed E-state index contributed by atoms with van der Waals surface area (Å²) >= 11 is 0. The summed E-state index contributed by atoms with van der Waals surface area (Å²) < 4.78 is 0. The highest BCUT2D eigenvalue weighted by atomic mass is 14.6. The summed E-state index contributed by atoms with van der Waals surface area (Å²) in [7, 11) is 0. The van der Waals surface area contributed by atoms with Crippen molar-refractivity contribution >= 4 is 0 Å². The van der Waals surface area contributed by atoms with Crippen molar-refractivity contribution in [3.05, 3.63) is 0 Å². The summed E-state index contributed by atoms with van der Waals surface area (Å²) in [6.07, 6.45) is 12.1. The van der Waals surface area contributed by atoms with Crippen LogP contribution in [0.15, 0.2) is 0 Å². The van der Waals surface area contributed by atoms with E-state index in [2.05, 4.69) is 34.6 Å². The van der Waals surface area contributed by atoms with E-state index in [9.17, 15) is 0 Å². The lowest BCUT2D eigenvalue weighted by Crippen LogP contribution is -2.53. The van der Waals surface area contributed by atoms with Crippen LogP contribution in [-0.4, -0.2) is 0 Å². The van der Waals surface area contributed by atoms with Gasteiger partial charge in [0.25, 0.3) is 0 Å². The van der Waals surface area contributed by atoms with Gasteiger partial charge in [-0.2, -0.15) is 0 Å². The van der Waals surface area contributed by atoms with E-state index in [1.165, 1.54) is 44.9 Å². The zero-order valence-electron chi connectivity index (χ0n) is 14.5. The zero-order valence-corrected chi connectivity index (χ0v) is 14.5. The molecule has 0 heterocycles. The minimum absolute atomic E-state index is 0.604. The van der Waals surface area contributed by atoms with Crippen molar-refractivity contribution in [2.45, 2.75) is 86.0 Å². The molecule has 0 spiro atoms. The van der Waals surface area contributed by atoms with Crippen LogP contribution < -0.4 is 0 Å². The van der Waals surface area contributed by atoms with Crippen LogP contribution in [0.4, 0.5) is 0 Å². The van der Waals surface area contributed by atoms with Crippen LogP contribution >= 0.6 is 0 Å². The molecular formula is C20H36. The molecule has 0 saturated heterocycles. The number of hydrogen-bond acceptors (Lipinski definition) is 0. The SMILES string of the molecule is CC(C)[C@@H]1CC[C@@H]2[C@H](CC[C@@H]3C(C)(C)CCC[C@@]23C)C1. The molecule has 0 aliphatic heterocycles. The van der Waals surface area contributed by atoms with Gasteiger partial charge in [0.2, 0.25) is 0 Å². The Morgan fingerprint density at radius 1 is 0.900 bits per heavy atom. The minimum Gasteiger partial charge on any atom is -0.0625 e. The van der Waals surface area contributed by atoms with Gasteiger partial charge >= 0.3 is 0 Å². The van der Waals surface area contributed by atoms with E-state index in [0.717, 1.165) is 29.6 Å². The first kappa shape index (κ1) is 14.9. The highest BCUT2D eigenvalue weighted by molar-refractivity contribution is 5.04. The summed E-state index contributed by atoms with van der Waals surface area (Å²) in [5.41, 5.74) is 1.28. The predicted octanol–water partition coefficient (Wildman–Crippen LogP) is 6.30. The van der Waals surface area contributed by atoms with Crippen molar-refractivity contribution in [2.75, 3.05) is 0 Å². The standard InChI is InChI=1S/C20H36/c1-14(2)15-7-9-17-16(13-15)8-10-18-19(3,4)11-6-12-20(17,18)5/h14-18H,6-13H2,1-5H3/t15-,16-,17-,18-,20+/m1/s1. The molecule has 0 aromatic heterocycles. The van der Waals surface area contributed by atoms with Crippen LogP contribution in [-0.2, 0) is 0 Å². The number of rotatable bonds is 1. The fraction of sp³-hybridized carbons (Fsp3) is 1.00. The fourth-order valence-electron chi connectivity index (χ4n) is 6.80. The van der Waals surface area contributed by atoms with Crippen molar-refractivity contribution in [3.63, 3.8) is 0 Å². The van der Waals surface area contributed by atoms with Crippen LogP contribution in [0.2, 0.25) is 0 Å². The zero-order chi connectivity index (χ0) is 14.5. The molecule has 0 aromatic rings. The molecule has 0 nitrogen and oxygen atoms in total. The van der Waals surface area contributed by atoms with Gasteiger partial charge in [-0.3, -0.25) is 0 Å². The molecule has 3 fully saturated rings. The van der Waals surface area contributed by atoms with Crippen molar-refractivity contribution in [3.8, 4) is 0 Å². The summed E-state index contributed by atoms with van der Waals surface area (Å²) in [4.78, 5) is 0. The lowest BCUT2D eigenvalue weighted by atomic mass is 9.44. The van der Waals surface area contributed by atoms with Gasteiger partial charge in [0.1, 0.15) is 0 Å². The fourth-order valence-corrected chi connectivity index (χ4v) is 6.80. The molecule has 0 amide bonds. The molecule has 3 aliphatic carbocycles. The Balaban J connectivity index is 1.81. The largest absolute Gasteiger partial charge is 0.0625 e. The maximum Gasteiger partial charge on any atom is -0.0261 e. The Morgan fingerprint density at radius 2 is 1.65 bits per heavy atom. The third-order valence-electron chi connectivity index (χ3n) is 7.91. The minimum atomic E-state index is 0.604. The van der Waals surface area contributed by atoms with E-state index in [1.807, 2.05) is 0 Å². The van der Waals surface area contributed by atoms with Gasteiger partial charge in [-0.25, -0.2) is 0 Å². The molecule has 20 heavy (non-hydrogen) atoms. The van der Waals surface area contributed by atoms with E-state index < -0.39 is 0 Å². The molecule has 0 bridgehead atoms. The summed E-state index contributed by atoms with van der Waals surface area (Å²) in [5, 5.41) is 0. The maximum atomic E-state index is 2.69. The third-order valence-corrected chi connectivity index (χ3v) is 7.91. The van der Waals surface area contributed by atoms with Crippen molar-refractivity contribution in [2.24, 2.45) is 40.4 Å². The second-order valence-corrected chi connectivity index (χ2v) is 9.66. The Bertz CT molecular complexity index is 353. The van der Waals surface area contributed by atoms with Gasteiger partial charge in [-0.1, -0.05) is 41.0 Å². The van der Waals surface area contributed by atoms with Gasteiger partial charge in [-0.15, -0.1) is 0 Å². The van der Waals surface area contributed by atoms with Gasteiger partial charge < -0.3 is 0 Å². The van der Waals surface area contributed by atoms with Crippen LogP contribution in [0.25, 0.3) is 0 Å². The monoisotopic (exact) mass is 276 g/mol. The molecule has 0 N–H and O–H groups in total. The van der Waals surface area contributed by atoms with E-state index in [0.29, 0.717) is 10.8 Å². The average molecular weight is 277 g/mol. The van der Waals surface area contributed by atoms with E-state index >= 15 is 0 Å². The molecular weight excluding hydrogens is 240 g/mol. The lowest BCUT2D eigenvalue weighted by Gasteiger charge is -2.61. The summed E-state index contributed by atoms with van der Waals surface area (Å²) in [5.74, 6) is 5.04. The Hall–Kier alpha value is 0. The maximum absolute atomic E-state index is 2.69. The number of hydrogen-bond donors (Lipinski definition) is 0. The average Bonchev–Trinajstić information content (AvgIpc) is 2.37. The molecule has 3 aliphatic rings. The summed E-state index contributed by atoms with van der Waals surface area (Å²) in [6, 6.07) is 0. The lowest BCUT2D eigenvalue weighted by molar-refractivity contribution is -0.117. The molecule has 0 radical (unpaired) electrons. The first-order chi connectivity index (χ1) is 9.34. The Morgan fingerprint density at radius 3 is 2.35 bits per heavy atom. The Kier molecular flexibility index (Phi) is 3.75. The highest BCUT2D eigenvalue weighted by Gasteiger charge is 2.55. The molecule has 3 rings (SSSR count). The Labute approximate surface area is 127 Å². The van der Waals surface area contributed by atoms with Crippen LogP contribution in [0.3, 0.4) is 0 Å². The second kappa shape index (κ2) is 5.03. The third kappa shape index (κ3) is 2.26. The quantitative estimate of drug-likeness (QED) is 0.527. The van der Waals surface area contributed by atoms with Gasteiger partial charge in [0.05, 0.1) is 0 Å². The topological polar surface area (TPSA) is 0 Å². The summed E-state index contributed by atoms with van der Waals surface area (Å²) in [6.45, 7) is 12.7. The van der Waals surface area contributed by atoms with Crippen LogP contribution in [0.1, 0.15) is 86.0 Å². The molecule has 0 unspecified atom stereocenters. The van der Waals surface area contributed by atoms with E-state index in [1.54, 1.807) is 6.42 Å². The van der Waals surface area contributed by atoms with Gasteiger partial charge in [0, 0.05) is 0 Å². The molecule has 3 saturated carbocycles. The van der Waals surface area contributed by atoms with Crippen LogP contribution in [0.5, 0.6) is 0 Å². The highest BCUT2D eigenvalue weighted by Crippen LogP contribution is 2.64. The van der Waals surface area contributed by atoms with Crippen molar-refractivity contribution in [1.29, 1.82) is 0 Å². The normalized spacial score (nSPS) is 47.7. The van der Waals surface area contributed by atoms with Gasteiger partial charge in [-0.05, 0) is 85.4 Å². The van der Waals surface area contributed by atoms with E-state index in [-0.39, 0.29) is 0 Å². The number of fused-ring (bicyclic) bond motifs is 3. The predicted molar refractivity (Wildman–Crippen MR) is 87.6 cm³/mol. The molecule has 116 valence electrons. The molecule has 0 heteroatoms. The van der Waals surface area contributed by atoms with Crippen molar-refractivity contribution < 1.29 is 0 Å². The van der Waals surface area contributed by atoms with Gasteiger partial charge in [0.15, 0.2) is 0 Å². The second-order valence-electron chi connectivity index (χ2n) is 9.66. The van der Waals surface area contributed by atoms with Crippen molar-refractivity contribution in [1.82, 2.24) is 0 Å².